The summed E-state index contributed by atoms with van der Waals surface area (Å²) >= 11 is 12.4. The molecular weight excluding hydrogens is 349 g/mol. The highest BCUT2D eigenvalue weighted by atomic mass is 35.5. The molecule has 1 unspecified atom stereocenters. The van der Waals surface area contributed by atoms with Crippen LogP contribution in [0.4, 0.5) is 5.69 Å². The molecule has 1 saturated heterocycles. The zero-order valence-corrected chi connectivity index (χ0v) is 14.9. The Morgan fingerprint density at radius 2 is 2.00 bits per heavy atom. The molecule has 1 aromatic carbocycles. The van der Waals surface area contributed by atoms with Gasteiger partial charge in [0.2, 0.25) is 5.91 Å². The van der Waals surface area contributed by atoms with Crippen molar-refractivity contribution in [2.45, 2.75) is 13.5 Å². The number of hydrogen-bond donors (Lipinski definition) is 0. The van der Waals surface area contributed by atoms with E-state index >= 15 is 0 Å². The maximum absolute atomic E-state index is 12.6. The minimum atomic E-state index is -0.131. The van der Waals surface area contributed by atoms with E-state index in [4.69, 9.17) is 23.2 Å². The number of rotatable bonds is 4. The molecule has 0 aliphatic carbocycles. The molecule has 128 valence electrons. The van der Waals surface area contributed by atoms with Crippen LogP contribution in [0.2, 0.25) is 10.0 Å². The van der Waals surface area contributed by atoms with Gasteiger partial charge < -0.3 is 9.80 Å². The molecule has 0 spiro atoms. The number of anilines is 1. The van der Waals surface area contributed by atoms with Gasteiger partial charge in [0.05, 0.1) is 28.2 Å². The second-order valence-electron chi connectivity index (χ2n) is 5.90. The zero-order chi connectivity index (χ0) is 17.1. The summed E-state index contributed by atoms with van der Waals surface area (Å²) in [5.41, 5.74) is 0.923. The quantitative estimate of drug-likeness (QED) is 0.833. The van der Waals surface area contributed by atoms with Gasteiger partial charge in [-0.25, -0.2) is 4.98 Å². The first-order chi connectivity index (χ1) is 11.6. The van der Waals surface area contributed by atoms with E-state index in [-0.39, 0.29) is 11.8 Å². The number of hydrogen-bond acceptors (Lipinski definition) is 4. The fraction of sp³-hybridized carbons (Fsp3) is 0.438. The monoisotopic (exact) mass is 367 g/mol. The molecule has 2 aromatic rings. The lowest BCUT2D eigenvalue weighted by Crippen LogP contribution is -2.50. The molecule has 1 fully saturated rings. The van der Waals surface area contributed by atoms with E-state index in [1.54, 1.807) is 17.1 Å². The average Bonchev–Trinajstić information content (AvgIpc) is 3.10. The lowest BCUT2D eigenvalue weighted by molar-refractivity contribution is -0.135. The maximum atomic E-state index is 12.6. The highest BCUT2D eigenvalue weighted by Gasteiger charge is 2.26. The second-order valence-corrected chi connectivity index (χ2v) is 6.69. The van der Waals surface area contributed by atoms with Crippen LogP contribution < -0.4 is 4.90 Å². The number of carbonyl (C=O) groups excluding carboxylic acids is 1. The summed E-state index contributed by atoms with van der Waals surface area (Å²) in [4.78, 5) is 20.6. The minimum absolute atomic E-state index is 0.131. The Morgan fingerprint density at radius 3 is 2.67 bits per heavy atom. The first-order valence-electron chi connectivity index (χ1n) is 7.86. The summed E-state index contributed by atoms with van der Waals surface area (Å²) in [6.45, 7) is 5.28. The summed E-state index contributed by atoms with van der Waals surface area (Å²) in [5.74, 6) is 0.00958. The topological polar surface area (TPSA) is 54.3 Å². The Hall–Kier alpha value is -1.79. The number of nitrogens with zero attached hydrogens (tertiary/aromatic N) is 5. The van der Waals surface area contributed by atoms with Gasteiger partial charge in [-0.05, 0) is 12.1 Å². The van der Waals surface area contributed by atoms with Gasteiger partial charge in [0.15, 0.2) is 0 Å². The van der Waals surface area contributed by atoms with Gasteiger partial charge in [0, 0.05) is 26.2 Å². The summed E-state index contributed by atoms with van der Waals surface area (Å²) in [5, 5.41) is 5.17. The predicted octanol–water partition coefficient (Wildman–Crippen LogP) is 2.57. The van der Waals surface area contributed by atoms with Gasteiger partial charge in [-0.3, -0.25) is 9.48 Å². The zero-order valence-electron chi connectivity index (χ0n) is 13.4. The van der Waals surface area contributed by atoms with Gasteiger partial charge in [-0.15, -0.1) is 0 Å². The lowest BCUT2D eigenvalue weighted by atomic mass is 10.1. The number of halogens is 2. The van der Waals surface area contributed by atoms with Gasteiger partial charge in [-0.1, -0.05) is 36.2 Å². The molecular formula is C16H19Cl2N5O. The second kappa shape index (κ2) is 7.40. The predicted molar refractivity (Wildman–Crippen MR) is 94.4 cm³/mol. The molecule has 1 aromatic heterocycles. The van der Waals surface area contributed by atoms with Crippen molar-refractivity contribution in [3.05, 3.63) is 40.9 Å². The van der Waals surface area contributed by atoms with Crippen LogP contribution in [-0.4, -0.2) is 51.8 Å². The van der Waals surface area contributed by atoms with Crippen LogP contribution in [0, 0.1) is 5.92 Å². The van der Waals surface area contributed by atoms with Crippen molar-refractivity contribution < 1.29 is 4.79 Å². The summed E-state index contributed by atoms with van der Waals surface area (Å²) in [6, 6.07) is 5.62. The third kappa shape index (κ3) is 3.65. The molecule has 24 heavy (non-hydrogen) atoms. The number of benzene rings is 1. The largest absolute Gasteiger partial charge is 0.367 e. The highest BCUT2D eigenvalue weighted by Crippen LogP contribution is 2.32. The van der Waals surface area contributed by atoms with Crippen LogP contribution >= 0.6 is 23.2 Å². The van der Waals surface area contributed by atoms with Crippen molar-refractivity contribution in [3.63, 3.8) is 0 Å². The molecule has 1 aliphatic rings. The molecule has 0 bridgehead atoms. The van der Waals surface area contributed by atoms with Crippen LogP contribution in [-0.2, 0) is 11.3 Å². The standard InChI is InChI=1S/C16H19Cl2N5O/c1-12(9-23-11-19-10-20-23)16(24)22-7-5-21(6-8-22)14-4-2-3-13(17)15(14)18/h2-4,10-12H,5-9H2,1H3. The van der Waals surface area contributed by atoms with Crippen molar-refractivity contribution in [2.24, 2.45) is 5.92 Å². The Labute approximate surface area is 151 Å². The third-order valence-corrected chi connectivity index (χ3v) is 5.02. The van der Waals surface area contributed by atoms with Crippen LogP contribution in [0.1, 0.15) is 6.92 Å². The van der Waals surface area contributed by atoms with Gasteiger partial charge in [0.1, 0.15) is 12.7 Å². The van der Waals surface area contributed by atoms with Crippen molar-refractivity contribution in [1.29, 1.82) is 0 Å². The van der Waals surface area contributed by atoms with Crippen molar-refractivity contribution in [3.8, 4) is 0 Å². The fourth-order valence-corrected chi connectivity index (χ4v) is 3.32. The Morgan fingerprint density at radius 1 is 1.25 bits per heavy atom. The molecule has 1 aliphatic heterocycles. The normalized spacial score (nSPS) is 16.3. The number of carbonyl (C=O) groups is 1. The molecule has 0 saturated carbocycles. The summed E-state index contributed by atoms with van der Waals surface area (Å²) < 4.78 is 1.69. The van der Waals surface area contributed by atoms with E-state index in [2.05, 4.69) is 15.0 Å². The first-order valence-corrected chi connectivity index (χ1v) is 8.62. The van der Waals surface area contributed by atoms with E-state index in [1.165, 1.54) is 6.33 Å². The third-order valence-electron chi connectivity index (χ3n) is 4.21. The van der Waals surface area contributed by atoms with E-state index in [9.17, 15) is 4.79 Å². The van der Waals surface area contributed by atoms with Gasteiger partial charge in [-0.2, -0.15) is 5.10 Å². The maximum Gasteiger partial charge on any atom is 0.227 e. The SMILES string of the molecule is CC(Cn1cncn1)C(=O)N1CCN(c2cccc(Cl)c2Cl)CC1. The highest BCUT2D eigenvalue weighted by molar-refractivity contribution is 6.43. The molecule has 6 nitrogen and oxygen atoms in total. The molecule has 1 amide bonds. The fourth-order valence-electron chi connectivity index (χ4n) is 2.90. The van der Waals surface area contributed by atoms with E-state index < -0.39 is 0 Å². The number of piperazine rings is 1. The Bertz CT molecular complexity index is 698. The van der Waals surface area contributed by atoms with Crippen molar-refractivity contribution >= 4 is 34.8 Å². The summed E-state index contributed by atoms with van der Waals surface area (Å²) in [6.07, 6.45) is 3.10. The van der Waals surface area contributed by atoms with E-state index in [0.717, 1.165) is 18.8 Å². The van der Waals surface area contributed by atoms with Crippen LogP contribution in [0.5, 0.6) is 0 Å². The molecule has 0 radical (unpaired) electrons. The van der Waals surface area contributed by atoms with Crippen molar-refractivity contribution in [2.75, 3.05) is 31.1 Å². The molecule has 0 N–H and O–H groups in total. The van der Waals surface area contributed by atoms with Crippen LogP contribution in [0.3, 0.4) is 0 Å². The minimum Gasteiger partial charge on any atom is -0.367 e. The van der Waals surface area contributed by atoms with E-state index in [1.807, 2.05) is 24.0 Å². The number of aromatic nitrogens is 3. The van der Waals surface area contributed by atoms with Crippen LogP contribution in [0.25, 0.3) is 0 Å². The van der Waals surface area contributed by atoms with Gasteiger partial charge in [0.25, 0.3) is 0 Å². The van der Waals surface area contributed by atoms with Gasteiger partial charge >= 0.3 is 0 Å². The molecule has 2 heterocycles. The Balaban J connectivity index is 1.58. The molecule has 8 heteroatoms. The number of amides is 1. The van der Waals surface area contributed by atoms with Crippen LogP contribution in [0.15, 0.2) is 30.9 Å². The van der Waals surface area contributed by atoms with E-state index in [0.29, 0.717) is 29.7 Å². The average molecular weight is 368 g/mol. The first kappa shape index (κ1) is 17.0. The smallest absolute Gasteiger partial charge is 0.227 e. The van der Waals surface area contributed by atoms with Crippen molar-refractivity contribution in [1.82, 2.24) is 19.7 Å². The Kier molecular flexibility index (Phi) is 5.26. The lowest BCUT2D eigenvalue weighted by Gasteiger charge is -2.37. The molecule has 3 rings (SSSR count). The summed E-state index contributed by atoms with van der Waals surface area (Å²) in [7, 11) is 0. The molecule has 1 atom stereocenters.